The van der Waals surface area contributed by atoms with Gasteiger partial charge in [-0.1, -0.05) is 43.5 Å². The number of benzene rings is 1. The number of nitrogens with two attached hydrogens (primary N) is 1. The number of hydrogen-bond acceptors (Lipinski definition) is 5. The molecule has 2 aliphatic rings. The highest BCUT2D eigenvalue weighted by atomic mass is 32.2. The van der Waals surface area contributed by atoms with Gasteiger partial charge in [0, 0.05) is 43.0 Å². The minimum absolute atomic E-state index is 0.259. The van der Waals surface area contributed by atoms with Crippen molar-refractivity contribution in [2.24, 2.45) is 5.14 Å². The average molecular weight is 471 g/mol. The van der Waals surface area contributed by atoms with Crippen LogP contribution >= 0.6 is 11.9 Å². The van der Waals surface area contributed by atoms with Gasteiger partial charge >= 0.3 is 6.18 Å². The number of hydrogen-bond donors (Lipinski definition) is 1. The fraction of sp³-hybridized carbons (Fsp3) is 0.240. The van der Waals surface area contributed by atoms with Gasteiger partial charge in [0.05, 0.1) is 17.8 Å². The maximum absolute atomic E-state index is 12.5. The average Bonchev–Trinajstić information content (AvgIpc) is 3.36. The summed E-state index contributed by atoms with van der Waals surface area (Å²) in [5.41, 5.74) is 6.47. The molecule has 0 saturated carbocycles. The van der Waals surface area contributed by atoms with Gasteiger partial charge in [-0.3, -0.25) is 10.1 Å². The van der Waals surface area contributed by atoms with Crippen LogP contribution in [-0.4, -0.2) is 47.1 Å². The number of nitrogens with zero attached hydrogens (tertiary/aromatic N) is 3. The normalized spacial score (nSPS) is 16.1. The first-order valence-corrected chi connectivity index (χ1v) is 11.3. The first-order valence-electron chi connectivity index (χ1n) is 10.5. The van der Waals surface area contributed by atoms with Crippen molar-refractivity contribution in [1.29, 1.82) is 0 Å². The maximum Gasteiger partial charge on any atom is 0.393 e. The quantitative estimate of drug-likeness (QED) is 0.339. The third kappa shape index (κ3) is 5.69. The van der Waals surface area contributed by atoms with Crippen LogP contribution in [0.2, 0.25) is 0 Å². The molecule has 2 N–H and O–H groups in total. The second kappa shape index (κ2) is 9.49. The van der Waals surface area contributed by atoms with E-state index in [1.807, 2.05) is 24.3 Å². The van der Waals surface area contributed by atoms with Crippen molar-refractivity contribution in [3.05, 3.63) is 95.5 Å². The second-order valence-electron chi connectivity index (χ2n) is 8.22. The summed E-state index contributed by atoms with van der Waals surface area (Å²) < 4.78 is 37.5. The van der Waals surface area contributed by atoms with Crippen molar-refractivity contribution >= 4 is 23.7 Å². The molecular weight excluding hydrogens is 445 g/mol. The fourth-order valence-corrected chi connectivity index (χ4v) is 4.29. The molecule has 2 aromatic rings. The number of aromatic nitrogens is 1. The van der Waals surface area contributed by atoms with Gasteiger partial charge in [0.15, 0.2) is 0 Å². The SMILES string of the molecule is C=C(/C=C/c1ccc(CC(F)(F)F)cc1)N1CC2=C(C1)CN(C(=C)c1ccc(SN)cn1)C2. The molecule has 0 spiro atoms. The Hall–Kier alpha value is -2.97. The number of pyridine rings is 1. The van der Waals surface area contributed by atoms with Crippen molar-refractivity contribution < 1.29 is 13.2 Å². The number of halogens is 3. The molecule has 1 aromatic carbocycles. The zero-order chi connectivity index (χ0) is 23.6. The standard InChI is InChI=1S/C25H25F3N4S/c1-17(3-4-19-5-7-20(8-6-19)11-25(26,27)28)31-13-21-15-32(16-22(21)14-31)18(2)24-10-9-23(33-29)12-30-24/h3-10,12H,1-2,11,13-16,29H2/b4-3+. The van der Waals surface area contributed by atoms with E-state index >= 15 is 0 Å². The van der Waals surface area contributed by atoms with Crippen molar-refractivity contribution in [3.8, 4) is 0 Å². The second-order valence-corrected chi connectivity index (χ2v) is 8.93. The van der Waals surface area contributed by atoms with E-state index in [0.717, 1.165) is 53.7 Å². The van der Waals surface area contributed by atoms with Crippen LogP contribution in [0.1, 0.15) is 16.8 Å². The Balaban J connectivity index is 1.29. The highest BCUT2D eigenvalue weighted by Gasteiger charge is 2.31. The van der Waals surface area contributed by atoms with Gasteiger partial charge in [-0.2, -0.15) is 13.2 Å². The molecule has 0 radical (unpaired) electrons. The highest BCUT2D eigenvalue weighted by molar-refractivity contribution is 7.97. The summed E-state index contributed by atoms with van der Waals surface area (Å²) >= 11 is 1.17. The van der Waals surface area contributed by atoms with Gasteiger partial charge in [-0.15, -0.1) is 0 Å². The molecule has 172 valence electrons. The van der Waals surface area contributed by atoms with E-state index in [2.05, 4.69) is 27.9 Å². The molecule has 33 heavy (non-hydrogen) atoms. The van der Waals surface area contributed by atoms with Crippen LogP contribution in [0, 0.1) is 0 Å². The first-order chi connectivity index (χ1) is 15.7. The predicted molar refractivity (Wildman–Crippen MR) is 128 cm³/mol. The summed E-state index contributed by atoms with van der Waals surface area (Å²) in [6.45, 7) is 11.7. The molecule has 4 rings (SSSR count). The lowest BCUT2D eigenvalue weighted by molar-refractivity contribution is -0.127. The lowest BCUT2D eigenvalue weighted by Gasteiger charge is -2.26. The van der Waals surface area contributed by atoms with E-state index in [-0.39, 0.29) is 5.56 Å². The highest BCUT2D eigenvalue weighted by Crippen LogP contribution is 2.32. The number of allylic oxidation sites excluding steroid dienone is 1. The first kappa shape index (κ1) is 23.2. The predicted octanol–water partition coefficient (Wildman–Crippen LogP) is 5.28. The summed E-state index contributed by atoms with van der Waals surface area (Å²) in [5.74, 6) is 0. The third-order valence-corrected chi connectivity index (χ3v) is 6.35. The lowest BCUT2D eigenvalue weighted by atomic mass is 10.1. The van der Waals surface area contributed by atoms with Gasteiger partial charge < -0.3 is 9.80 Å². The summed E-state index contributed by atoms with van der Waals surface area (Å²) in [6.07, 6.45) is 0.447. The molecule has 3 heterocycles. The van der Waals surface area contributed by atoms with Gasteiger partial charge in [-0.25, -0.2) is 0 Å². The Kier molecular flexibility index (Phi) is 6.67. The Labute approximate surface area is 196 Å². The van der Waals surface area contributed by atoms with Gasteiger partial charge in [-0.05, 0) is 52.4 Å². The Morgan fingerprint density at radius 3 is 2.18 bits per heavy atom. The van der Waals surface area contributed by atoms with Crippen LogP contribution < -0.4 is 5.14 Å². The van der Waals surface area contributed by atoms with Gasteiger partial charge in [0.25, 0.3) is 0 Å². The van der Waals surface area contributed by atoms with E-state index < -0.39 is 12.6 Å². The minimum Gasteiger partial charge on any atom is -0.364 e. The molecule has 1 aromatic heterocycles. The molecule has 0 saturated heterocycles. The monoisotopic (exact) mass is 470 g/mol. The molecule has 0 amide bonds. The molecular formula is C25H25F3N4S. The van der Waals surface area contributed by atoms with Crippen LogP contribution in [0.3, 0.4) is 0 Å². The smallest absolute Gasteiger partial charge is 0.364 e. The van der Waals surface area contributed by atoms with Crippen LogP contribution in [0.25, 0.3) is 11.8 Å². The van der Waals surface area contributed by atoms with Crippen molar-refractivity contribution in [3.63, 3.8) is 0 Å². The molecule has 4 nitrogen and oxygen atoms in total. The molecule has 0 fully saturated rings. The van der Waals surface area contributed by atoms with Crippen molar-refractivity contribution in [2.45, 2.75) is 17.5 Å². The van der Waals surface area contributed by atoms with Crippen molar-refractivity contribution in [1.82, 2.24) is 14.8 Å². The van der Waals surface area contributed by atoms with Crippen LogP contribution in [-0.2, 0) is 6.42 Å². The van der Waals surface area contributed by atoms with Gasteiger partial charge in [0.1, 0.15) is 0 Å². The molecule has 0 aliphatic carbocycles. The summed E-state index contributed by atoms with van der Waals surface area (Å²) in [6, 6.07) is 10.3. The van der Waals surface area contributed by atoms with Crippen LogP contribution in [0.5, 0.6) is 0 Å². The Morgan fingerprint density at radius 1 is 1.00 bits per heavy atom. The van der Waals surface area contributed by atoms with E-state index in [9.17, 15) is 13.2 Å². The molecule has 2 aliphatic heterocycles. The molecule has 8 heteroatoms. The lowest BCUT2D eigenvalue weighted by Crippen LogP contribution is -2.28. The zero-order valence-electron chi connectivity index (χ0n) is 18.1. The van der Waals surface area contributed by atoms with Gasteiger partial charge in [0.2, 0.25) is 0 Å². The minimum atomic E-state index is -4.19. The largest absolute Gasteiger partial charge is 0.393 e. The third-order valence-electron chi connectivity index (χ3n) is 5.84. The van der Waals surface area contributed by atoms with Crippen LogP contribution in [0.4, 0.5) is 13.2 Å². The summed E-state index contributed by atoms with van der Waals surface area (Å²) in [4.78, 5) is 9.82. The van der Waals surface area contributed by atoms with Crippen molar-refractivity contribution in [2.75, 3.05) is 26.2 Å². The van der Waals surface area contributed by atoms with E-state index in [4.69, 9.17) is 5.14 Å². The Morgan fingerprint density at radius 2 is 1.64 bits per heavy atom. The van der Waals surface area contributed by atoms with Crippen LogP contribution in [0.15, 0.2) is 83.6 Å². The topological polar surface area (TPSA) is 45.4 Å². The summed E-state index contributed by atoms with van der Waals surface area (Å²) in [5, 5.41) is 5.56. The molecule has 0 atom stereocenters. The van der Waals surface area contributed by atoms with E-state index in [0.29, 0.717) is 0 Å². The Bertz CT molecular complexity index is 1080. The van der Waals surface area contributed by atoms with E-state index in [1.165, 1.54) is 35.2 Å². The summed E-state index contributed by atoms with van der Waals surface area (Å²) in [7, 11) is 0. The number of alkyl halides is 3. The zero-order valence-corrected chi connectivity index (χ0v) is 18.9. The molecule has 0 bridgehead atoms. The maximum atomic E-state index is 12.5. The van der Waals surface area contributed by atoms with E-state index in [1.54, 1.807) is 18.3 Å². The fourth-order valence-electron chi connectivity index (χ4n) is 4.03. The number of rotatable bonds is 7. The molecule has 0 unspecified atom stereocenters.